The first-order chi connectivity index (χ1) is 11.7. The normalized spacial score (nSPS) is 11.2. The Labute approximate surface area is 146 Å². The van der Waals surface area contributed by atoms with Gasteiger partial charge >= 0.3 is 0 Å². The molecule has 1 aromatic heterocycles. The van der Waals surface area contributed by atoms with E-state index in [4.69, 9.17) is 19.9 Å². The van der Waals surface area contributed by atoms with E-state index in [0.29, 0.717) is 29.8 Å². The van der Waals surface area contributed by atoms with Crippen molar-refractivity contribution < 1.29 is 14.2 Å². The SMILES string of the molecule is COc1cc(CN=C(N)NCCc2cccs2)cc(OC)c1OC. The predicted octanol–water partition coefficient (Wildman–Crippen LogP) is 2.42. The highest BCUT2D eigenvalue weighted by Crippen LogP contribution is 2.38. The van der Waals surface area contributed by atoms with Crippen molar-refractivity contribution in [2.24, 2.45) is 10.7 Å². The Morgan fingerprint density at radius 1 is 1.17 bits per heavy atom. The second-order valence-electron chi connectivity index (χ2n) is 4.99. The van der Waals surface area contributed by atoms with E-state index in [1.807, 2.05) is 18.2 Å². The van der Waals surface area contributed by atoms with Crippen molar-refractivity contribution in [1.29, 1.82) is 0 Å². The Hall–Kier alpha value is -2.41. The molecular formula is C17H23N3O3S. The van der Waals surface area contributed by atoms with Crippen LogP contribution in [0.25, 0.3) is 0 Å². The van der Waals surface area contributed by atoms with E-state index in [9.17, 15) is 0 Å². The van der Waals surface area contributed by atoms with Gasteiger partial charge in [-0.25, -0.2) is 4.99 Å². The van der Waals surface area contributed by atoms with Crippen LogP contribution in [0.2, 0.25) is 0 Å². The van der Waals surface area contributed by atoms with Crippen LogP contribution >= 0.6 is 11.3 Å². The minimum atomic E-state index is 0.417. The number of guanidine groups is 1. The van der Waals surface area contributed by atoms with Gasteiger partial charge in [-0.2, -0.15) is 0 Å². The minimum Gasteiger partial charge on any atom is -0.493 e. The number of hydrogen-bond donors (Lipinski definition) is 2. The molecule has 24 heavy (non-hydrogen) atoms. The maximum atomic E-state index is 5.91. The molecule has 7 heteroatoms. The molecule has 1 aromatic carbocycles. The Kier molecular flexibility index (Phi) is 6.74. The predicted molar refractivity (Wildman–Crippen MR) is 97.5 cm³/mol. The number of ether oxygens (including phenoxy) is 3. The number of aliphatic imine (C=N–C) groups is 1. The van der Waals surface area contributed by atoms with E-state index >= 15 is 0 Å². The summed E-state index contributed by atoms with van der Waals surface area (Å²) < 4.78 is 16.0. The molecule has 0 amide bonds. The molecule has 0 bridgehead atoms. The highest BCUT2D eigenvalue weighted by molar-refractivity contribution is 7.09. The van der Waals surface area contributed by atoms with E-state index in [0.717, 1.165) is 18.5 Å². The van der Waals surface area contributed by atoms with Gasteiger partial charge in [-0.3, -0.25) is 0 Å². The zero-order valence-electron chi connectivity index (χ0n) is 14.2. The van der Waals surface area contributed by atoms with Crippen molar-refractivity contribution in [3.8, 4) is 17.2 Å². The largest absolute Gasteiger partial charge is 0.493 e. The van der Waals surface area contributed by atoms with Crippen molar-refractivity contribution >= 4 is 17.3 Å². The Bertz CT molecular complexity index is 647. The lowest BCUT2D eigenvalue weighted by Gasteiger charge is -2.13. The molecule has 6 nitrogen and oxygen atoms in total. The summed E-state index contributed by atoms with van der Waals surface area (Å²) in [5, 5.41) is 5.18. The maximum Gasteiger partial charge on any atom is 0.203 e. The van der Waals surface area contributed by atoms with Gasteiger partial charge in [0.1, 0.15) is 0 Å². The van der Waals surface area contributed by atoms with Crippen LogP contribution in [-0.4, -0.2) is 33.8 Å². The van der Waals surface area contributed by atoms with Gasteiger partial charge in [-0.15, -0.1) is 11.3 Å². The van der Waals surface area contributed by atoms with Gasteiger partial charge in [0.05, 0.1) is 27.9 Å². The Balaban J connectivity index is 1.96. The Morgan fingerprint density at radius 3 is 2.42 bits per heavy atom. The second-order valence-corrected chi connectivity index (χ2v) is 6.02. The summed E-state index contributed by atoms with van der Waals surface area (Å²) in [7, 11) is 4.75. The van der Waals surface area contributed by atoms with Crippen LogP contribution < -0.4 is 25.3 Å². The Morgan fingerprint density at radius 2 is 1.88 bits per heavy atom. The summed E-state index contributed by atoms with van der Waals surface area (Å²) in [5.41, 5.74) is 6.84. The van der Waals surface area contributed by atoms with E-state index < -0.39 is 0 Å². The van der Waals surface area contributed by atoms with E-state index in [-0.39, 0.29) is 0 Å². The summed E-state index contributed by atoms with van der Waals surface area (Å²) in [5.74, 6) is 2.19. The van der Waals surface area contributed by atoms with Crippen LogP contribution in [0.5, 0.6) is 17.2 Å². The van der Waals surface area contributed by atoms with Crippen LogP contribution in [-0.2, 0) is 13.0 Å². The summed E-state index contributed by atoms with van der Waals surface area (Å²) in [4.78, 5) is 5.67. The molecule has 0 saturated heterocycles. The molecule has 0 aliphatic heterocycles. The van der Waals surface area contributed by atoms with Crippen molar-refractivity contribution in [1.82, 2.24) is 5.32 Å². The zero-order chi connectivity index (χ0) is 17.4. The molecule has 0 spiro atoms. The fourth-order valence-electron chi connectivity index (χ4n) is 2.23. The first kappa shape index (κ1) is 17.9. The lowest BCUT2D eigenvalue weighted by atomic mass is 10.2. The van der Waals surface area contributed by atoms with Crippen LogP contribution in [0.15, 0.2) is 34.6 Å². The highest BCUT2D eigenvalue weighted by Gasteiger charge is 2.12. The number of rotatable bonds is 8. The van der Waals surface area contributed by atoms with Crippen molar-refractivity contribution in [2.45, 2.75) is 13.0 Å². The quantitative estimate of drug-likeness (QED) is 0.565. The molecule has 3 N–H and O–H groups in total. The smallest absolute Gasteiger partial charge is 0.203 e. The lowest BCUT2D eigenvalue weighted by Crippen LogP contribution is -2.33. The molecule has 2 aromatic rings. The van der Waals surface area contributed by atoms with E-state index in [2.05, 4.69) is 21.8 Å². The van der Waals surface area contributed by atoms with Gasteiger partial charge in [0.2, 0.25) is 5.75 Å². The molecule has 130 valence electrons. The third-order valence-electron chi connectivity index (χ3n) is 3.41. The molecule has 0 fully saturated rings. The lowest BCUT2D eigenvalue weighted by molar-refractivity contribution is 0.324. The topological polar surface area (TPSA) is 78.1 Å². The molecule has 0 aliphatic carbocycles. The van der Waals surface area contributed by atoms with Gasteiger partial charge in [0.25, 0.3) is 0 Å². The molecule has 2 rings (SSSR count). The number of nitrogens with zero attached hydrogens (tertiary/aromatic N) is 1. The second kappa shape index (κ2) is 9.02. The highest BCUT2D eigenvalue weighted by atomic mass is 32.1. The number of hydrogen-bond acceptors (Lipinski definition) is 5. The monoisotopic (exact) mass is 349 g/mol. The third-order valence-corrected chi connectivity index (χ3v) is 4.35. The van der Waals surface area contributed by atoms with E-state index in [1.54, 1.807) is 32.7 Å². The number of benzene rings is 1. The molecular weight excluding hydrogens is 326 g/mol. The van der Waals surface area contributed by atoms with Crippen LogP contribution in [0.3, 0.4) is 0 Å². The fourth-order valence-corrected chi connectivity index (χ4v) is 2.94. The first-order valence-corrected chi connectivity index (χ1v) is 8.41. The van der Waals surface area contributed by atoms with E-state index in [1.165, 1.54) is 4.88 Å². The van der Waals surface area contributed by atoms with Gasteiger partial charge in [-0.05, 0) is 35.6 Å². The number of nitrogens with two attached hydrogens (primary N) is 1. The van der Waals surface area contributed by atoms with Gasteiger partial charge in [0.15, 0.2) is 17.5 Å². The van der Waals surface area contributed by atoms with Crippen LogP contribution in [0.4, 0.5) is 0 Å². The summed E-state index contributed by atoms with van der Waals surface area (Å²) in [6, 6.07) is 7.88. The average Bonchev–Trinajstić information content (AvgIpc) is 3.12. The standard InChI is InChI=1S/C17H23N3O3S/c1-21-14-9-12(10-15(22-2)16(14)23-3)11-20-17(18)19-7-6-13-5-4-8-24-13/h4-5,8-10H,6-7,11H2,1-3H3,(H3,18,19,20). The average molecular weight is 349 g/mol. The summed E-state index contributed by atoms with van der Waals surface area (Å²) in [6.07, 6.45) is 0.929. The number of methoxy groups -OCH3 is 3. The first-order valence-electron chi connectivity index (χ1n) is 7.53. The van der Waals surface area contributed by atoms with Gasteiger partial charge < -0.3 is 25.3 Å². The molecule has 1 heterocycles. The van der Waals surface area contributed by atoms with Crippen LogP contribution in [0, 0.1) is 0 Å². The van der Waals surface area contributed by atoms with Gasteiger partial charge in [-0.1, -0.05) is 6.07 Å². The molecule has 0 atom stereocenters. The summed E-state index contributed by atoms with van der Waals surface area (Å²) >= 11 is 1.74. The molecule has 0 radical (unpaired) electrons. The minimum absolute atomic E-state index is 0.417. The van der Waals surface area contributed by atoms with Gasteiger partial charge in [0, 0.05) is 11.4 Å². The fraction of sp³-hybridized carbons (Fsp3) is 0.353. The molecule has 0 saturated carbocycles. The van der Waals surface area contributed by atoms with Crippen molar-refractivity contribution in [3.05, 3.63) is 40.1 Å². The molecule has 0 aliphatic rings. The van der Waals surface area contributed by atoms with Crippen LogP contribution in [0.1, 0.15) is 10.4 Å². The van der Waals surface area contributed by atoms with Crippen molar-refractivity contribution in [2.75, 3.05) is 27.9 Å². The zero-order valence-corrected chi connectivity index (χ0v) is 15.0. The van der Waals surface area contributed by atoms with Crippen molar-refractivity contribution in [3.63, 3.8) is 0 Å². The third kappa shape index (κ3) is 4.79. The molecule has 0 unspecified atom stereocenters. The maximum absolute atomic E-state index is 5.91. The number of thiophene rings is 1. The number of nitrogens with one attached hydrogen (secondary N) is 1. The summed E-state index contributed by atoms with van der Waals surface area (Å²) in [6.45, 7) is 1.18.